The molecule has 1 aromatic carbocycles. The third-order valence-corrected chi connectivity index (χ3v) is 5.39. The molecule has 21 heavy (non-hydrogen) atoms. The number of rotatable bonds is 5. The van der Waals surface area contributed by atoms with Crippen LogP contribution >= 0.6 is 15.9 Å². The predicted octanol–water partition coefficient (Wildman–Crippen LogP) is 3.99. The van der Waals surface area contributed by atoms with Crippen molar-refractivity contribution in [2.75, 3.05) is 11.9 Å². The molecule has 0 amide bonds. The second-order valence-electron chi connectivity index (χ2n) is 5.79. The van der Waals surface area contributed by atoms with Crippen molar-refractivity contribution in [1.29, 1.82) is 0 Å². The van der Waals surface area contributed by atoms with Crippen LogP contribution in [-0.4, -0.2) is 26.7 Å². The molecule has 2 aromatic rings. The highest BCUT2D eigenvalue weighted by atomic mass is 79.9. The van der Waals surface area contributed by atoms with E-state index < -0.39 is 0 Å². The molecule has 0 N–H and O–H groups in total. The monoisotopic (exact) mass is 349 g/mol. The van der Waals surface area contributed by atoms with Crippen molar-refractivity contribution < 1.29 is 4.74 Å². The zero-order chi connectivity index (χ0) is 14.5. The van der Waals surface area contributed by atoms with Crippen molar-refractivity contribution in [2.24, 2.45) is 5.41 Å². The van der Waals surface area contributed by atoms with Gasteiger partial charge in [0.15, 0.2) is 0 Å². The van der Waals surface area contributed by atoms with Crippen molar-refractivity contribution in [3.05, 3.63) is 36.7 Å². The first-order chi connectivity index (χ1) is 10.3. The third-order valence-electron chi connectivity index (χ3n) is 4.20. The van der Waals surface area contributed by atoms with Crippen LogP contribution in [0.25, 0.3) is 5.69 Å². The topological polar surface area (TPSA) is 39.9 Å². The Hall–Kier alpha value is -1.36. The fourth-order valence-electron chi connectivity index (χ4n) is 2.86. The third kappa shape index (κ3) is 3.46. The summed E-state index contributed by atoms with van der Waals surface area (Å²) in [5.74, 6) is 0. The van der Waals surface area contributed by atoms with Gasteiger partial charge in [0, 0.05) is 10.7 Å². The van der Waals surface area contributed by atoms with Crippen molar-refractivity contribution in [3.63, 3.8) is 0 Å². The average Bonchev–Trinajstić information content (AvgIpc) is 3.04. The lowest BCUT2D eigenvalue weighted by Gasteiger charge is -2.34. The van der Waals surface area contributed by atoms with Gasteiger partial charge in [0.05, 0.1) is 12.3 Å². The van der Waals surface area contributed by atoms with Gasteiger partial charge in [-0.3, -0.25) is 0 Å². The molecule has 112 valence electrons. The lowest BCUT2D eigenvalue weighted by molar-refractivity contribution is 0.114. The number of hydrogen-bond donors (Lipinski definition) is 0. The minimum Gasteiger partial charge on any atom is -0.462 e. The van der Waals surface area contributed by atoms with Crippen molar-refractivity contribution in [3.8, 4) is 11.7 Å². The van der Waals surface area contributed by atoms with Gasteiger partial charge in [0.1, 0.15) is 6.33 Å². The van der Waals surface area contributed by atoms with E-state index in [1.54, 1.807) is 11.0 Å². The Morgan fingerprint density at radius 3 is 2.62 bits per heavy atom. The van der Waals surface area contributed by atoms with E-state index in [2.05, 4.69) is 26.0 Å². The van der Waals surface area contributed by atoms with E-state index in [-0.39, 0.29) is 5.41 Å². The minimum absolute atomic E-state index is 0.246. The maximum Gasteiger partial charge on any atom is 0.335 e. The number of halogens is 1. The molecule has 1 aliphatic rings. The molecule has 1 aromatic heterocycles. The Labute approximate surface area is 133 Å². The molecule has 1 aliphatic carbocycles. The molecule has 5 heteroatoms. The van der Waals surface area contributed by atoms with Crippen LogP contribution in [0.4, 0.5) is 0 Å². The number of benzene rings is 1. The highest BCUT2D eigenvalue weighted by molar-refractivity contribution is 9.09. The summed E-state index contributed by atoms with van der Waals surface area (Å²) in [6.45, 7) is 0.692. The van der Waals surface area contributed by atoms with Crippen LogP contribution in [0.3, 0.4) is 0 Å². The van der Waals surface area contributed by atoms with Gasteiger partial charge in [0.25, 0.3) is 0 Å². The molecule has 1 fully saturated rings. The molecular formula is C16H20BrN3O. The van der Waals surface area contributed by atoms with Crippen LogP contribution in [0.5, 0.6) is 6.01 Å². The molecule has 1 saturated carbocycles. The summed E-state index contributed by atoms with van der Waals surface area (Å²) in [6.07, 6.45) is 8.07. The van der Waals surface area contributed by atoms with Gasteiger partial charge < -0.3 is 4.74 Å². The van der Waals surface area contributed by atoms with Gasteiger partial charge >= 0.3 is 6.01 Å². The van der Waals surface area contributed by atoms with E-state index in [9.17, 15) is 0 Å². The Kier molecular flexibility index (Phi) is 4.58. The van der Waals surface area contributed by atoms with Gasteiger partial charge in [-0.05, 0) is 25.0 Å². The molecule has 0 radical (unpaired) electrons. The maximum absolute atomic E-state index is 5.87. The van der Waals surface area contributed by atoms with E-state index in [1.807, 2.05) is 30.3 Å². The zero-order valence-electron chi connectivity index (χ0n) is 12.0. The van der Waals surface area contributed by atoms with E-state index >= 15 is 0 Å². The fraction of sp³-hybridized carbons (Fsp3) is 0.500. The number of hydrogen-bond acceptors (Lipinski definition) is 3. The SMILES string of the molecule is BrCC1(COc2ncn(-c3ccccc3)n2)CCCCC1. The molecule has 3 rings (SSSR count). The number of aromatic nitrogens is 3. The first-order valence-electron chi connectivity index (χ1n) is 7.47. The highest BCUT2D eigenvalue weighted by Crippen LogP contribution is 2.38. The van der Waals surface area contributed by atoms with Crippen LogP contribution in [-0.2, 0) is 0 Å². The molecule has 1 heterocycles. The van der Waals surface area contributed by atoms with E-state index in [1.165, 1.54) is 32.1 Å². The predicted molar refractivity (Wildman–Crippen MR) is 86.2 cm³/mol. The zero-order valence-corrected chi connectivity index (χ0v) is 13.6. The summed E-state index contributed by atoms with van der Waals surface area (Å²) in [6, 6.07) is 10.4. The molecular weight excluding hydrogens is 330 g/mol. The summed E-state index contributed by atoms with van der Waals surface area (Å²) in [4.78, 5) is 4.26. The molecule has 0 unspecified atom stereocenters. The number of para-hydroxylation sites is 1. The van der Waals surface area contributed by atoms with Crippen LogP contribution < -0.4 is 4.74 Å². The number of ether oxygens (including phenoxy) is 1. The first-order valence-corrected chi connectivity index (χ1v) is 8.59. The van der Waals surface area contributed by atoms with Crippen molar-refractivity contribution in [2.45, 2.75) is 32.1 Å². The summed E-state index contributed by atoms with van der Waals surface area (Å²) in [7, 11) is 0. The Balaban J connectivity index is 1.65. The molecule has 0 atom stereocenters. The van der Waals surface area contributed by atoms with E-state index in [0.717, 1.165) is 11.0 Å². The smallest absolute Gasteiger partial charge is 0.335 e. The number of alkyl halides is 1. The molecule has 0 bridgehead atoms. The van der Waals surface area contributed by atoms with Crippen molar-refractivity contribution >= 4 is 15.9 Å². The molecule has 0 aliphatic heterocycles. The fourth-order valence-corrected chi connectivity index (χ4v) is 3.58. The first kappa shape index (κ1) is 14.6. The largest absolute Gasteiger partial charge is 0.462 e. The molecule has 0 saturated heterocycles. The summed E-state index contributed by atoms with van der Waals surface area (Å²) in [5.41, 5.74) is 1.24. The lowest BCUT2D eigenvalue weighted by atomic mass is 9.76. The average molecular weight is 350 g/mol. The summed E-state index contributed by atoms with van der Waals surface area (Å²) >= 11 is 3.66. The summed E-state index contributed by atoms with van der Waals surface area (Å²) in [5, 5.41) is 5.38. The normalized spacial score (nSPS) is 17.6. The van der Waals surface area contributed by atoms with Gasteiger partial charge in [-0.2, -0.15) is 4.98 Å². The molecule has 4 nitrogen and oxygen atoms in total. The summed E-state index contributed by atoms with van der Waals surface area (Å²) < 4.78 is 7.62. The lowest BCUT2D eigenvalue weighted by Crippen LogP contribution is -2.32. The van der Waals surface area contributed by atoms with Gasteiger partial charge in [-0.15, -0.1) is 5.10 Å². The second kappa shape index (κ2) is 6.60. The Morgan fingerprint density at radius 1 is 1.14 bits per heavy atom. The highest BCUT2D eigenvalue weighted by Gasteiger charge is 2.32. The standard InChI is InChI=1S/C16H20BrN3O/c17-11-16(9-5-2-6-10-16)12-21-15-18-13-20(19-15)14-7-3-1-4-8-14/h1,3-4,7-8,13H,2,5-6,9-12H2. The Morgan fingerprint density at radius 2 is 1.90 bits per heavy atom. The van der Waals surface area contributed by atoms with E-state index in [0.29, 0.717) is 12.6 Å². The van der Waals surface area contributed by atoms with Gasteiger partial charge in [0.2, 0.25) is 0 Å². The van der Waals surface area contributed by atoms with Crippen LogP contribution in [0.15, 0.2) is 36.7 Å². The maximum atomic E-state index is 5.87. The minimum atomic E-state index is 0.246. The quantitative estimate of drug-likeness (QED) is 0.766. The second-order valence-corrected chi connectivity index (χ2v) is 6.35. The van der Waals surface area contributed by atoms with E-state index in [4.69, 9.17) is 4.74 Å². The Bertz CT molecular complexity index is 564. The molecule has 0 spiro atoms. The van der Waals surface area contributed by atoms with Crippen molar-refractivity contribution in [1.82, 2.24) is 14.8 Å². The van der Waals surface area contributed by atoms with Crippen LogP contribution in [0.2, 0.25) is 0 Å². The van der Waals surface area contributed by atoms with Gasteiger partial charge in [-0.1, -0.05) is 53.4 Å². The van der Waals surface area contributed by atoms with Crippen LogP contribution in [0.1, 0.15) is 32.1 Å². The van der Waals surface area contributed by atoms with Gasteiger partial charge in [-0.25, -0.2) is 4.68 Å². The van der Waals surface area contributed by atoms with Crippen LogP contribution in [0, 0.1) is 5.41 Å². The number of nitrogens with zero attached hydrogens (tertiary/aromatic N) is 3.